The number of thiazole rings is 1. The van der Waals surface area contributed by atoms with Crippen LogP contribution in [-0.4, -0.2) is 48.1 Å². The van der Waals surface area contributed by atoms with Gasteiger partial charge in [-0.2, -0.15) is 0 Å². The number of ether oxygens (including phenoxy) is 1. The molecule has 0 atom stereocenters. The van der Waals surface area contributed by atoms with Crippen LogP contribution in [0.3, 0.4) is 0 Å². The lowest BCUT2D eigenvalue weighted by molar-refractivity contribution is 0.00851. The zero-order valence-corrected chi connectivity index (χ0v) is 17.1. The Morgan fingerprint density at radius 2 is 2.00 bits per heavy atom. The van der Waals surface area contributed by atoms with E-state index in [2.05, 4.69) is 25.8 Å². The van der Waals surface area contributed by atoms with Gasteiger partial charge in [-0.15, -0.1) is 36.2 Å². The highest BCUT2D eigenvalue weighted by Crippen LogP contribution is 2.29. The van der Waals surface area contributed by atoms with E-state index in [9.17, 15) is 4.79 Å². The monoisotopic (exact) mass is 397 g/mol. The Bertz CT molecular complexity index is 498. The molecule has 2 N–H and O–H groups in total. The molecule has 1 saturated heterocycles. The van der Waals surface area contributed by atoms with Gasteiger partial charge in [0, 0.05) is 25.1 Å². The second-order valence-electron chi connectivity index (χ2n) is 6.78. The largest absolute Gasteiger partial charge is 0.378 e. The summed E-state index contributed by atoms with van der Waals surface area (Å²) in [5.41, 5.74) is 8.05. The highest BCUT2D eigenvalue weighted by molar-refractivity contribution is 7.11. The Balaban J connectivity index is 0.00000264. The third-order valence-electron chi connectivity index (χ3n) is 3.90. The summed E-state index contributed by atoms with van der Waals surface area (Å²) in [6.45, 7) is 9.18. The smallest absolute Gasteiger partial charge is 0.265 e. The van der Waals surface area contributed by atoms with Crippen LogP contribution in [0.1, 0.15) is 55.4 Å². The van der Waals surface area contributed by atoms with E-state index in [0.717, 1.165) is 49.5 Å². The quantitative estimate of drug-likeness (QED) is 0.773. The third kappa shape index (κ3) is 6.15. The number of carbonyl (C=O) groups excluding carboxylic acids is 1. The van der Waals surface area contributed by atoms with Gasteiger partial charge in [0.1, 0.15) is 4.88 Å². The Labute approximate surface area is 161 Å². The maximum atomic E-state index is 12.7. The maximum absolute atomic E-state index is 12.7. The summed E-state index contributed by atoms with van der Waals surface area (Å²) in [5, 5.41) is 0. The van der Waals surface area contributed by atoms with E-state index >= 15 is 0 Å². The zero-order chi connectivity index (χ0) is 16.2. The maximum Gasteiger partial charge on any atom is 0.265 e. The first-order valence-electron chi connectivity index (χ1n) is 7.98. The predicted molar refractivity (Wildman–Crippen MR) is 104 cm³/mol. The van der Waals surface area contributed by atoms with Gasteiger partial charge in [-0.25, -0.2) is 4.98 Å². The Hall–Kier alpha value is -0.400. The van der Waals surface area contributed by atoms with Gasteiger partial charge in [-0.1, -0.05) is 20.8 Å². The van der Waals surface area contributed by atoms with E-state index in [1.54, 1.807) is 5.51 Å². The molecule has 0 saturated carbocycles. The first-order chi connectivity index (χ1) is 10.4. The van der Waals surface area contributed by atoms with Gasteiger partial charge in [0.25, 0.3) is 5.91 Å². The molecule has 0 spiro atoms. The molecule has 0 radical (unpaired) electrons. The lowest BCUT2D eigenvalue weighted by Crippen LogP contribution is -2.41. The standard InChI is InChI=1S/C16H27N3O2S.2ClH/c1-16(2,3)14-13(22-11-18-14)15(20)19-8-5-12(6-9-19)21-10-4-7-17;;/h11-12H,4-10,17H2,1-3H3;2*1H. The summed E-state index contributed by atoms with van der Waals surface area (Å²) in [7, 11) is 0. The van der Waals surface area contributed by atoms with Crippen LogP contribution in [0.2, 0.25) is 0 Å². The molecule has 24 heavy (non-hydrogen) atoms. The van der Waals surface area contributed by atoms with Crippen LogP contribution in [-0.2, 0) is 10.2 Å². The van der Waals surface area contributed by atoms with Gasteiger partial charge >= 0.3 is 0 Å². The molecule has 2 heterocycles. The van der Waals surface area contributed by atoms with Crippen LogP contribution in [0.25, 0.3) is 0 Å². The number of rotatable bonds is 5. The second kappa shape index (κ2) is 10.6. The predicted octanol–water partition coefficient (Wildman–Crippen LogP) is 3.25. The van der Waals surface area contributed by atoms with Crippen molar-refractivity contribution in [1.82, 2.24) is 9.88 Å². The van der Waals surface area contributed by atoms with Gasteiger partial charge in [0.15, 0.2) is 0 Å². The lowest BCUT2D eigenvalue weighted by Gasteiger charge is -2.32. The van der Waals surface area contributed by atoms with E-state index in [1.807, 2.05) is 4.90 Å². The molecule has 1 aromatic heterocycles. The number of hydrogen-bond acceptors (Lipinski definition) is 5. The minimum Gasteiger partial charge on any atom is -0.378 e. The van der Waals surface area contributed by atoms with Crippen LogP contribution < -0.4 is 5.73 Å². The summed E-state index contributed by atoms with van der Waals surface area (Å²) in [5.74, 6) is 0.118. The van der Waals surface area contributed by atoms with Crippen molar-refractivity contribution in [2.75, 3.05) is 26.2 Å². The van der Waals surface area contributed by atoms with Gasteiger partial charge in [0.2, 0.25) is 0 Å². The molecule has 2 rings (SSSR count). The Morgan fingerprint density at radius 3 is 2.54 bits per heavy atom. The third-order valence-corrected chi connectivity index (χ3v) is 4.72. The number of amides is 1. The number of piperidine rings is 1. The van der Waals surface area contributed by atoms with Gasteiger partial charge in [-0.3, -0.25) is 4.79 Å². The fraction of sp³-hybridized carbons (Fsp3) is 0.750. The van der Waals surface area contributed by atoms with Crippen LogP contribution in [0.4, 0.5) is 0 Å². The average molecular weight is 398 g/mol. The van der Waals surface area contributed by atoms with E-state index < -0.39 is 0 Å². The lowest BCUT2D eigenvalue weighted by atomic mass is 9.91. The van der Waals surface area contributed by atoms with Crippen LogP contribution in [0.15, 0.2) is 5.51 Å². The fourth-order valence-corrected chi connectivity index (χ4v) is 3.60. The van der Waals surface area contributed by atoms with Gasteiger partial charge < -0.3 is 15.4 Å². The summed E-state index contributed by atoms with van der Waals surface area (Å²) >= 11 is 1.45. The van der Waals surface area contributed by atoms with Crippen molar-refractivity contribution >= 4 is 42.1 Å². The van der Waals surface area contributed by atoms with E-state index in [0.29, 0.717) is 6.54 Å². The molecule has 1 amide bonds. The summed E-state index contributed by atoms with van der Waals surface area (Å²) in [4.78, 5) is 19.9. The molecular weight excluding hydrogens is 369 g/mol. The SMILES string of the molecule is CC(C)(C)c1ncsc1C(=O)N1CCC(OCCCN)CC1.Cl.Cl. The number of nitrogens with zero attached hydrogens (tertiary/aromatic N) is 2. The first-order valence-corrected chi connectivity index (χ1v) is 8.86. The van der Waals surface area contributed by atoms with Crippen molar-refractivity contribution in [2.24, 2.45) is 5.73 Å². The minimum atomic E-state index is -0.103. The van der Waals surface area contributed by atoms with Crippen LogP contribution in [0.5, 0.6) is 0 Å². The molecular formula is C16H29Cl2N3O2S. The number of nitrogens with two attached hydrogens (primary N) is 1. The summed E-state index contributed by atoms with van der Waals surface area (Å²) < 4.78 is 5.79. The number of halogens is 2. The van der Waals surface area contributed by atoms with E-state index in [-0.39, 0.29) is 42.2 Å². The van der Waals surface area contributed by atoms with Crippen molar-refractivity contribution in [2.45, 2.75) is 51.6 Å². The molecule has 0 aliphatic carbocycles. The highest BCUT2D eigenvalue weighted by Gasteiger charge is 2.30. The molecule has 140 valence electrons. The Kier molecular flexibility index (Phi) is 10.4. The molecule has 1 fully saturated rings. The van der Waals surface area contributed by atoms with Gasteiger partial charge in [-0.05, 0) is 25.8 Å². The topological polar surface area (TPSA) is 68.5 Å². The highest BCUT2D eigenvalue weighted by atomic mass is 35.5. The summed E-state index contributed by atoms with van der Waals surface area (Å²) in [6.07, 6.45) is 2.97. The molecule has 0 aromatic carbocycles. The minimum absolute atomic E-state index is 0. The van der Waals surface area contributed by atoms with Crippen molar-refractivity contribution < 1.29 is 9.53 Å². The molecule has 1 aromatic rings. The molecule has 0 bridgehead atoms. The summed E-state index contributed by atoms with van der Waals surface area (Å²) in [6, 6.07) is 0. The molecule has 1 aliphatic heterocycles. The number of likely N-dealkylation sites (tertiary alicyclic amines) is 1. The van der Waals surface area contributed by atoms with Crippen LogP contribution >= 0.6 is 36.2 Å². The van der Waals surface area contributed by atoms with Crippen molar-refractivity contribution in [1.29, 1.82) is 0 Å². The molecule has 8 heteroatoms. The fourth-order valence-electron chi connectivity index (χ4n) is 2.63. The number of carbonyl (C=O) groups is 1. The number of aromatic nitrogens is 1. The average Bonchev–Trinajstić information content (AvgIpc) is 2.97. The Morgan fingerprint density at radius 1 is 1.38 bits per heavy atom. The van der Waals surface area contributed by atoms with Crippen molar-refractivity contribution in [3.05, 3.63) is 16.1 Å². The molecule has 1 aliphatic rings. The van der Waals surface area contributed by atoms with E-state index in [1.165, 1.54) is 11.3 Å². The number of hydrogen-bond donors (Lipinski definition) is 1. The first kappa shape index (κ1) is 23.6. The normalized spacial score (nSPS) is 15.6. The second-order valence-corrected chi connectivity index (χ2v) is 7.64. The zero-order valence-electron chi connectivity index (χ0n) is 14.6. The van der Waals surface area contributed by atoms with Crippen LogP contribution in [0, 0.1) is 0 Å². The van der Waals surface area contributed by atoms with E-state index in [4.69, 9.17) is 10.5 Å². The van der Waals surface area contributed by atoms with Crippen molar-refractivity contribution in [3.8, 4) is 0 Å². The molecule has 5 nitrogen and oxygen atoms in total. The van der Waals surface area contributed by atoms with Gasteiger partial charge in [0.05, 0.1) is 17.3 Å². The molecule has 0 unspecified atom stereocenters. The van der Waals surface area contributed by atoms with Crippen molar-refractivity contribution in [3.63, 3.8) is 0 Å².